The van der Waals surface area contributed by atoms with E-state index >= 15 is 0 Å². The van der Waals surface area contributed by atoms with Crippen LogP contribution in [0.3, 0.4) is 0 Å². The molecule has 1 N–H and O–H groups in total. The van der Waals surface area contributed by atoms with Crippen LogP contribution in [0.5, 0.6) is 0 Å². The number of rotatable bonds is 5. The Morgan fingerprint density at radius 1 is 1.00 bits per heavy atom. The van der Waals surface area contributed by atoms with Gasteiger partial charge in [-0.25, -0.2) is 4.79 Å². The van der Waals surface area contributed by atoms with Crippen molar-refractivity contribution in [1.29, 1.82) is 0 Å². The first-order chi connectivity index (χ1) is 13.9. The molecule has 0 saturated carbocycles. The number of benzene rings is 2. The predicted molar refractivity (Wildman–Crippen MR) is 127 cm³/mol. The molecule has 0 fully saturated rings. The second kappa shape index (κ2) is 8.06. The summed E-state index contributed by atoms with van der Waals surface area (Å²) >= 11 is 0. The van der Waals surface area contributed by atoms with Crippen LogP contribution in [0.4, 0.5) is 0 Å². The zero-order valence-corrected chi connectivity index (χ0v) is 19.6. The monoisotopic (exact) mass is 404 g/mol. The lowest BCUT2D eigenvalue weighted by molar-refractivity contribution is 0.0697. The lowest BCUT2D eigenvalue weighted by Crippen LogP contribution is -2.34. The molecule has 0 atom stereocenters. The van der Waals surface area contributed by atoms with Crippen molar-refractivity contribution in [2.75, 3.05) is 0 Å². The van der Waals surface area contributed by atoms with Crippen LogP contribution in [0.25, 0.3) is 11.6 Å². The van der Waals surface area contributed by atoms with E-state index in [1.54, 1.807) is 12.1 Å². The van der Waals surface area contributed by atoms with Crippen LogP contribution in [-0.4, -0.2) is 11.1 Å². The van der Waals surface area contributed by atoms with Gasteiger partial charge in [-0.3, -0.25) is 0 Å². The number of carboxylic acid groups (broad SMARTS) is 1. The van der Waals surface area contributed by atoms with Gasteiger partial charge in [-0.15, -0.1) is 0 Å². The van der Waals surface area contributed by atoms with E-state index in [4.69, 9.17) is 5.11 Å². The fourth-order valence-corrected chi connectivity index (χ4v) is 4.68. The molecule has 30 heavy (non-hydrogen) atoms. The van der Waals surface area contributed by atoms with Crippen molar-refractivity contribution >= 4 is 17.6 Å². The molecule has 0 unspecified atom stereocenters. The molecular formula is C28H36O2. The van der Waals surface area contributed by atoms with Crippen molar-refractivity contribution in [1.82, 2.24) is 0 Å². The molecule has 2 aromatic carbocycles. The second-order valence-electron chi connectivity index (χ2n) is 10.7. The Kier molecular flexibility index (Phi) is 6.00. The second-order valence-corrected chi connectivity index (χ2v) is 10.7. The van der Waals surface area contributed by atoms with E-state index in [9.17, 15) is 4.79 Å². The third-order valence-corrected chi connectivity index (χ3v) is 6.67. The Balaban J connectivity index is 2.13. The maximum Gasteiger partial charge on any atom is 0.335 e. The number of carbonyl (C=O) groups is 1. The van der Waals surface area contributed by atoms with Gasteiger partial charge in [0.25, 0.3) is 0 Å². The summed E-state index contributed by atoms with van der Waals surface area (Å²) in [5.74, 6) is -0.301. The van der Waals surface area contributed by atoms with Crippen molar-refractivity contribution < 1.29 is 9.90 Å². The van der Waals surface area contributed by atoms with E-state index in [2.05, 4.69) is 66.7 Å². The van der Waals surface area contributed by atoms with Crippen molar-refractivity contribution in [3.05, 3.63) is 69.8 Å². The molecule has 2 nitrogen and oxygen atoms in total. The lowest BCUT2D eigenvalue weighted by atomic mass is 9.62. The van der Waals surface area contributed by atoms with Crippen LogP contribution in [0.2, 0.25) is 0 Å². The third-order valence-electron chi connectivity index (χ3n) is 6.67. The van der Waals surface area contributed by atoms with Gasteiger partial charge in [-0.05, 0) is 88.5 Å². The molecule has 1 aliphatic rings. The fourth-order valence-electron chi connectivity index (χ4n) is 4.68. The zero-order valence-electron chi connectivity index (χ0n) is 19.6. The average Bonchev–Trinajstić information content (AvgIpc) is 2.65. The van der Waals surface area contributed by atoms with E-state index in [0.717, 1.165) is 12.0 Å². The SMILES string of the molecule is CC(=Cc1ccc(C(=O)O)cc1)c1cc2c(cc1CC(C)C)C(C)(C)CCC2(C)C. The molecule has 0 amide bonds. The van der Waals surface area contributed by atoms with Gasteiger partial charge in [0.1, 0.15) is 0 Å². The summed E-state index contributed by atoms with van der Waals surface area (Å²) in [6.45, 7) is 16.2. The molecular weight excluding hydrogens is 368 g/mol. The summed E-state index contributed by atoms with van der Waals surface area (Å²) in [7, 11) is 0. The minimum Gasteiger partial charge on any atom is -0.478 e. The van der Waals surface area contributed by atoms with Gasteiger partial charge in [0.2, 0.25) is 0 Å². The van der Waals surface area contributed by atoms with Crippen LogP contribution in [0.15, 0.2) is 36.4 Å². The highest BCUT2D eigenvalue weighted by molar-refractivity contribution is 5.88. The van der Waals surface area contributed by atoms with Crippen LogP contribution in [0, 0.1) is 5.92 Å². The van der Waals surface area contributed by atoms with Gasteiger partial charge in [0.15, 0.2) is 0 Å². The van der Waals surface area contributed by atoms with Gasteiger partial charge in [-0.2, -0.15) is 0 Å². The molecule has 0 spiro atoms. The summed E-state index contributed by atoms with van der Waals surface area (Å²) in [6, 6.07) is 12.1. The van der Waals surface area contributed by atoms with E-state index < -0.39 is 5.97 Å². The first kappa shape index (κ1) is 22.3. The highest BCUT2D eigenvalue weighted by atomic mass is 16.4. The number of aromatic carboxylic acids is 1. The number of hydrogen-bond acceptors (Lipinski definition) is 1. The van der Waals surface area contributed by atoms with E-state index in [1.807, 2.05) is 12.1 Å². The highest BCUT2D eigenvalue weighted by Gasteiger charge is 2.37. The van der Waals surface area contributed by atoms with Crippen molar-refractivity contribution in [3.8, 4) is 0 Å². The molecule has 0 bridgehead atoms. The number of fused-ring (bicyclic) bond motifs is 1. The average molecular weight is 405 g/mol. The summed E-state index contributed by atoms with van der Waals surface area (Å²) in [5.41, 5.74) is 8.72. The lowest BCUT2D eigenvalue weighted by Gasteiger charge is -2.42. The smallest absolute Gasteiger partial charge is 0.335 e. The normalized spacial score (nSPS) is 17.7. The van der Waals surface area contributed by atoms with E-state index in [1.165, 1.54) is 40.7 Å². The molecule has 3 rings (SSSR count). The van der Waals surface area contributed by atoms with Gasteiger partial charge in [0, 0.05) is 0 Å². The Morgan fingerprint density at radius 2 is 1.53 bits per heavy atom. The molecule has 0 heterocycles. The third kappa shape index (κ3) is 4.53. The van der Waals surface area contributed by atoms with Gasteiger partial charge >= 0.3 is 5.97 Å². The molecule has 2 heteroatoms. The maximum atomic E-state index is 11.1. The Morgan fingerprint density at radius 3 is 2.03 bits per heavy atom. The number of carboxylic acids is 1. The molecule has 0 saturated heterocycles. The highest BCUT2D eigenvalue weighted by Crippen LogP contribution is 2.47. The van der Waals surface area contributed by atoms with Crippen LogP contribution >= 0.6 is 0 Å². The number of allylic oxidation sites excluding steroid dienone is 1. The minimum absolute atomic E-state index is 0.180. The summed E-state index contributed by atoms with van der Waals surface area (Å²) in [4.78, 5) is 11.1. The fraction of sp³-hybridized carbons (Fsp3) is 0.464. The topological polar surface area (TPSA) is 37.3 Å². The quantitative estimate of drug-likeness (QED) is 0.524. The zero-order chi connectivity index (χ0) is 22.3. The van der Waals surface area contributed by atoms with Crippen molar-refractivity contribution in [2.24, 2.45) is 5.92 Å². The largest absolute Gasteiger partial charge is 0.478 e. The minimum atomic E-state index is -0.888. The van der Waals surface area contributed by atoms with Crippen LogP contribution in [0.1, 0.15) is 99.5 Å². The Labute approximate surface area is 182 Å². The van der Waals surface area contributed by atoms with E-state index in [0.29, 0.717) is 11.5 Å². The van der Waals surface area contributed by atoms with Gasteiger partial charge in [-0.1, -0.05) is 71.9 Å². The predicted octanol–water partition coefficient (Wildman–Crippen LogP) is 7.49. The maximum absolute atomic E-state index is 11.1. The van der Waals surface area contributed by atoms with Crippen molar-refractivity contribution in [3.63, 3.8) is 0 Å². The standard InChI is InChI=1S/C28H36O2/c1-18(2)14-22-16-24-25(28(6,7)13-12-27(24,4)5)17-23(22)19(3)15-20-8-10-21(11-9-20)26(29)30/h8-11,15-18H,12-14H2,1-7H3,(H,29,30). The summed E-state index contributed by atoms with van der Waals surface area (Å²) in [5, 5.41) is 9.14. The van der Waals surface area contributed by atoms with Crippen molar-refractivity contribution in [2.45, 2.75) is 78.6 Å². The van der Waals surface area contributed by atoms with Gasteiger partial charge < -0.3 is 5.11 Å². The molecule has 160 valence electrons. The molecule has 0 radical (unpaired) electrons. The van der Waals surface area contributed by atoms with Gasteiger partial charge in [0.05, 0.1) is 5.56 Å². The Bertz CT molecular complexity index is 972. The Hall–Kier alpha value is -2.35. The summed E-state index contributed by atoms with van der Waals surface area (Å²) < 4.78 is 0. The number of hydrogen-bond donors (Lipinski definition) is 1. The molecule has 0 aliphatic heterocycles. The summed E-state index contributed by atoms with van der Waals surface area (Å²) in [6.07, 6.45) is 5.66. The molecule has 2 aromatic rings. The van der Waals surface area contributed by atoms with Crippen LogP contribution in [-0.2, 0) is 17.3 Å². The molecule has 0 aromatic heterocycles. The van der Waals surface area contributed by atoms with E-state index in [-0.39, 0.29) is 10.8 Å². The first-order valence-corrected chi connectivity index (χ1v) is 11.1. The van der Waals surface area contributed by atoms with Crippen LogP contribution < -0.4 is 0 Å². The first-order valence-electron chi connectivity index (χ1n) is 11.1. The molecule has 1 aliphatic carbocycles.